The molecule has 6 nitrogen and oxygen atoms in total. The van der Waals surface area contributed by atoms with Gasteiger partial charge in [0, 0.05) is 6.92 Å². The van der Waals surface area contributed by atoms with Crippen molar-refractivity contribution in [3.05, 3.63) is 35.6 Å². The third-order valence-corrected chi connectivity index (χ3v) is 4.18. The first kappa shape index (κ1) is 17.9. The van der Waals surface area contributed by atoms with Gasteiger partial charge in [0.05, 0.1) is 18.6 Å². The zero-order chi connectivity index (χ0) is 17.6. The van der Waals surface area contributed by atoms with E-state index in [4.69, 9.17) is 0 Å². The predicted octanol–water partition coefficient (Wildman–Crippen LogP) is 0.964. The lowest BCUT2D eigenvalue weighted by molar-refractivity contribution is -0.127. The van der Waals surface area contributed by atoms with Gasteiger partial charge in [0.1, 0.15) is 5.82 Å². The smallest absolute Gasteiger partial charge is 0.240 e. The lowest BCUT2D eigenvalue weighted by Gasteiger charge is -2.31. The van der Waals surface area contributed by atoms with E-state index >= 15 is 0 Å². The first-order valence-corrected chi connectivity index (χ1v) is 7.99. The van der Waals surface area contributed by atoms with E-state index in [2.05, 4.69) is 16.0 Å². The molecule has 0 unspecified atom stereocenters. The second-order valence-corrected chi connectivity index (χ2v) is 6.03. The fourth-order valence-electron chi connectivity index (χ4n) is 2.99. The van der Waals surface area contributed by atoms with Crippen LogP contribution in [0.15, 0.2) is 24.3 Å². The number of carbonyl (C=O) groups excluding carboxylic acids is 3. The second-order valence-electron chi connectivity index (χ2n) is 6.03. The van der Waals surface area contributed by atoms with Gasteiger partial charge in [0.2, 0.25) is 17.7 Å². The number of hydrogen-bond donors (Lipinski definition) is 3. The summed E-state index contributed by atoms with van der Waals surface area (Å²) in [5, 5.41) is 7.81. The number of amides is 3. The number of rotatable bonds is 6. The monoisotopic (exact) mass is 335 g/mol. The minimum Gasteiger partial charge on any atom is -0.347 e. The maximum Gasteiger partial charge on any atom is 0.240 e. The molecule has 1 aromatic rings. The highest BCUT2D eigenvalue weighted by molar-refractivity contribution is 5.88. The second kappa shape index (κ2) is 7.90. The third kappa shape index (κ3) is 4.78. The van der Waals surface area contributed by atoms with E-state index in [1.165, 1.54) is 19.1 Å². The van der Waals surface area contributed by atoms with Crippen LogP contribution in [0.4, 0.5) is 4.39 Å². The Hall–Kier alpha value is -2.44. The van der Waals surface area contributed by atoms with Crippen LogP contribution in [0, 0.1) is 5.82 Å². The van der Waals surface area contributed by atoms with Crippen LogP contribution in [0.1, 0.15) is 38.2 Å². The Kier molecular flexibility index (Phi) is 5.89. The molecule has 0 radical (unpaired) electrons. The molecule has 3 amide bonds. The lowest BCUT2D eigenvalue weighted by Crippen LogP contribution is -2.48. The lowest BCUT2D eigenvalue weighted by atomic mass is 9.88. The highest BCUT2D eigenvalue weighted by Crippen LogP contribution is 2.38. The molecule has 3 N–H and O–H groups in total. The summed E-state index contributed by atoms with van der Waals surface area (Å²) in [6.07, 6.45) is 3.52. The fraction of sp³-hybridized carbons (Fsp3) is 0.471. The third-order valence-electron chi connectivity index (χ3n) is 4.18. The van der Waals surface area contributed by atoms with Crippen LogP contribution in [0.5, 0.6) is 0 Å². The maximum atomic E-state index is 13.1. The van der Waals surface area contributed by atoms with Gasteiger partial charge in [0.25, 0.3) is 0 Å². The summed E-state index contributed by atoms with van der Waals surface area (Å²) in [6, 6.07) is 6.15. The molecule has 0 aliphatic heterocycles. The van der Waals surface area contributed by atoms with Crippen molar-refractivity contribution in [3.8, 4) is 0 Å². The average Bonchev–Trinajstić information content (AvgIpc) is 3.01. The molecule has 0 bridgehead atoms. The quantitative estimate of drug-likeness (QED) is 0.724. The van der Waals surface area contributed by atoms with E-state index in [9.17, 15) is 18.8 Å². The maximum absolute atomic E-state index is 13.1. The van der Waals surface area contributed by atoms with E-state index in [-0.39, 0.29) is 30.7 Å². The van der Waals surface area contributed by atoms with Gasteiger partial charge in [-0.25, -0.2) is 4.39 Å². The molecule has 0 heterocycles. The minimum absolute atomic E-state index is 0.161. The Balaban J connectivity index is 1.93. The molecule has 1 aliphatic carbocycles. The van der Waals surface area contributed by atoms with Crippen LogP contribution in [0.3, 0.4) is 0 Å². The van der Waals surface area contributed by atoms with Gasteiger partial charge in [-0.1, -0.05) is 25.0 Å². The van der Waals surface area contributed by atoms with Gasteiger partial charge in [-0.15, -0.1) is 0 Å². The summed E-state index contributed by atoms with van der Waals surface area (Å²) >= 11 is 0. The molecule has 130 valence electrons. The topological polar surface area (TPSA) is 87.3 Å². The van der Waals surface area contributed by atoms with Gasteiger partial charge in [0.15, 0.2) is 0 Å². The van der Waals surface area contributed by atoms with Crippen molar-refractivity contribution in [2.75, 3.05) is 13.1 Å². The molecule has 24 heavy (non-hydrogen) atoms. The number of benzene rings is 1. The molecule has 1 saturated carbocycles. The van der Waals surface area contributed by atoms with Crippen LogP contribution in [-0.2, 0) is 19.9 Å². The molecule has 1 aliphatic rings. The minimum atomic E-state index is -0.507. The van der Waals surface area contributed by atoms with E-state index in [0.29, 0.717) is 0 Å². The zero-order valence-electron chi connectivity index (χ0n) is 13.7. The predicted molar refractivity (Wildman–Crippen MR) is 86.4 cm³/mol. The summed E-state index contributed by atoms with van der Waals surface area (Å²) < 4.78 is 13.1. The molecule has 1 aromatic carbocycles. The van der Waals surface area contributed by atoms with Crippen molar-refractivity contribution in [1.29, 1.82) is 0 Å². The van der Waals surface area contributed by atoms with Crippen LogP contribution in [0.25, 0.3) is 0 Å². The van der Waals surface area contributed by atoms with Crippen LogP contribution < -0.4 is 16.0 Å². The first-order chi connectivity index (χ1) is 11.4. The summed E-state index contributed by atoms with van der Waals surface area (Å²) in [7, 11) is 0. The number of carbonyl (C=O) groups is 3. The normalized spacial score (nSPS) is 15.6. The van der Waals surface area contributed by atoms with Gasteiger partial charge in [-0.05, 0) is 30.5 Å². The van der Waals surface area contributed by atoms with Gasteiger partial charge < -0.3 is 16.0 Å². The molecule has 0 atom stereocenters. The fourth-order valence-corrected chi connectivity index (χ4v) is 2.99. The zero-order valence-corrected chi connectivity index (χ0v) is 13.7. The number of halogens is 1. The van der Waals surface area contributed by atoms with Crippen molar-refractivity contribution in [2.45, 2.75) is 38.1 Å². The Bertz CT molecular complexity index is 610. The average molecular weight is 335 g/mol. The van der Waals surface area contributed by atoms with E-state index < -0.39 is 11.4 Å². The molecule has 0 aromatic heterocycles. The van der Waals surface area contributed by atoms with Crippen molar-refractivity contribution in [3.63, 3.8) is 0 Å². The molecular weight excluding hydrogens is 313 g/mol. The molecule has 2 rings (SSSR count). The van der Waals surface area contributed by atoms with E-state index in [1.54, 1.807) is 12.1 Å². The summed E-state index contributed by atoms with van der Waals surface area (Å²) in [4.78, 5) is 34.5. The van der Waals surface area contributed by atoms with Gasteiger partial charge in [-0.2, -0.15) is 0 Å². The Morgan fingerprint density at radius 2 is 1.58 bits per heavy atom. The molecule has 1 fully saturated rings. The van der Waals surface area contributed by atoms with Crippen molar-refractivity contribution in [2.24, 2.45) is 0 Å². The molecule has 7 heteroatoms. The first-order valence-electron chi connectivity index (χ1n) is 7.99. The Morgan fingerprint density at radius 1 is 1.00 bits per heavy atom. The van der Waals surface area contributed by atoms with Gasteiger partial charge in [-0.3, -0.25) is 14.4 Å². The highest BCUT2D eigenvalue weighted by atomic mass is 19.1. The summed E-state index contributed by atoms with van der Waals surface area (Å²) in [5.74, 6) is -1.36. The largest absolute Gasteiger partial charge is 0.347 e. The number of hydrogen-bond acceptors (Lipinski definition) is 3. The Labute approximate surface area is 140 Å². The van der Waals surface area contributed by atoms with Gasteiger partial charge >= 0.3 is 0 Å². The van der Waals surface area contributed by atoms with Crippen molar-refractivity contribution >= 4 is 17.7 Å². The SMILES string of the molecule is CC(=O)NCC(=O)NCC(=O)NC1(c2ccc(F)cc2)CCCC1. The van der Waals surface area contributed by atoms with E-state index in [1.807, 2.05) is 0 Å². The summed E-state index contributed by atoms with van der Waals surface area (Å²) in [5.41, 5.74) is 0.368. The van der Waals surface area contributed by atoms with Crippen LogP contribution in [0.2, 0.25) is 0 Å². The van der Waals surface area contributed by atoms with Crippen LogP contribution in [-0.4, -0.2) is 30.8 Å². The number of nitrogens with one attached hydrogen (secondary N) is 3. The molecule has 0 saturated heterocycles. The standard InChI is InChI=1S/C17H22FN3O3/c1-12(22)19-10-15(23)20-11-16(24)21-17(8-2-3-9-17)13-4-6-14(18)7-5-13/h4-7H,2-3,8-11H2,1H3,(H,19,22)(H,20,23)(H,21,24). The van der Waals surface area contributed by atoms with Crippen molar-refractivity contribution in [1.82, 2.24) is 16.0 Å². The van der Waals surface area contributed by atoms with E-state index in [0.717, 1.165) is 31.2 Å². The molecule has 0 spiro atoms. The van der Waals surface area contributed by atoms with Crippen LogP contribution >= 0.6 is 0 Å². The summed E-state index contributed by atoms with van der Waals surface area (Å²) in [6.45, 7) is 0.986. The van der Waals surface area contributed by atoms with Crippen molar-refractivity contribution < 1.29 is 18.8 Å². The highest BCUT2D eigenvalue weighted by Gasteiger charge is 2.36. The molecular formula is C17H22FN3O3. The Morgan fingerprint density at radius 3 is 2.17 bits per heavy atom.